The lowest BCUT2D eigenvalue weighted by Crippen LogP contribution is -2.51. The number of aliphatic hydroxyl groups excluding tert-OH is 2. The molecular formula is C30H34FIN4O4. The normalized spacial score (nSPS) is 17.3. The number of β-amino-alcohol motifs (C(OH)–C–C–N with tert-alkyl or cyclic N) is 1. The van der Waals surface area contributed by atoms with Crippen LogP contribution in [-0.2, 0) is 14.9 Å². The fraction of sp³-hybridized carbons (Fsp3) is 0.333. The Morgan fingerprint density at radius 2 is 1.90 bits per heavy atom. The van der Waals surface area contributed by atoms with Crippen LogP contribution in [0.3, 0.4) is 0 Å². The number of carbonyl (C=O) groups is 1. The molecule has 0 saturated carbocycles. The molecule has 3 aromatic rings. The van der Waals surface area contributed by atoms with Crippen LogP contribution >= 0.6 is 22.6 Å². The van der Waals surface area contributed by atoms with Gasteiger partial charge in [-0.25, -0.2) is 4.39 Å². The van der Waals surface area contributed by atoms with Crippen molar-refractivity contribution in [2.45, 2.75) is 36.0 Å². The third kappa shape index (κ3) is 6.80. The summed E-state index contributed by atoms with van der Waals surface area (Å²) in [5.41, 5.74) is 10.2. The predicted molar refractivity (Wildman–Crippen MR) is 160 cm³/mol. The molecule has 0 spiro atoms. The van der Waals surface area contributed by atoms with Crippen molar-refractivity contribution in [1.82, 2.24) is 15.2 Å². The number of piperazine rings is 1. The first kappa shape index (κ1) is 29.9. The molecule has 2 heterocycles. The van der Waals surface area contributed by atoms with Gasteiger partial charge in [0.15, 0.2) is 0 Å². The highest BCUT2D eigenvalue weighted by Crippen LogP contribution is 2.43. The van der Waals surface area contributed by atoms with E-state index < -0.39 is 28.0 Å². The van der Waals surface area contributed by atoms with Crippen molar-refractivity contribution in [3.8, 4) is 5.75 Å². The molecule has 2 atom stereocenters. The molecule has 0 radical (unpaired) electrons. The van der Waals surface area contributed by atoms with Gasteiger partial charge in [0.2, 0.25) is 0 Å². The van der Waals surface area contributed by atoms with Crippen LogP contribution in [0.25, 0.3) is 5.57 Å². The van der Waals surface area contributed by atoms with E-state index in [1.165, 1.54) is 16.5 Å². The van der Waals surface area contributed by atoms with Gasteiger partial charge in [-0.3, -0.25) is 9.78 Å². The van der Waals surface area contributed by atoms with Gasteiger partial charge in [0.1, 0.15) is 27.4 Å². The van der Waals surface area contributed by atoms with E-state index in [-0.39, 0.29) is 30.0 Å². The van der Waals surface area contributed by atoms with Gasteiger partial charge < -0.3 is 30.9 Å². The van der Waals surface area contributed by atoms with Crippen molar-refractivity contribution in [2.75, 3.05) is 26.2 Å². The average molecular weight is 661 g/mol. The lowest BCUT2D eigenvalue weighted by atomic mass is 9.90. The quantitative estimate of drug-likeness (QED) is 0.113. The standard InChI is InChI=1S/C30H34FIN4O4/c1-19(2)21-5-3-20(4-6-21)18-40-24-7-8-25(26(31)15-24)27(30(32,33)22-9-11-34-12-10-22)28-29(39)36(14-13-35-28)16-23(38)17-37/h3-12,15,19,23,35,37-38H,13-14,16-18,33H2,1-2H3/b28-27-. The number of halogens is 2. The monoisotopic (exact) mass is 660 g/mol. The summed E-state index contributed by atoms with van der Waals surface area (Å²) in [6.45, 7) is 4.68. The number of pyridine rings is 1. The molecular weight excluding hydrogens is 626 g/mol. The Morgan fingerprint density at radius 3 is 2.52 bits per heavy atom. The number of benzene rings is 2. The number of nitrogens with zero attached hydrogens (tertiary/aromatic N) is 2. The van der Waals surface area contributed by atoms with E-state index in [1.807, 2.05) is 34.7 Å². The summed E-state index contributed by atoms with van der Waals surface area (Å²) in [5.74, 6) is -0.275. The molecule has 1 fully saturated rings. The van der Waals surface area contributed by atoms with Gasteiger partial charge >= 0.3 is 0 Å². The molecule has 2 unspecified atom stereocenters. The van der Waals surface area contributed by atoms with Gasteiger partial charge in [0, 0.05) is 49.2 Å². The number of rotatable bonds is 10. The summed E-state index contributed by atoms with van der Waals surface area (Å²) in [5, 5.41) is 22.4. The van der Waals surface area contributed by atoms with E-state index in [2.05, 4.69) is 36.3 Å². The molecule has 10 heteroatoms. The largest absolute Gasteiger partial charge is 0.489 e. The Balaban J connectivity index is 1.70. The second kappa shape index (κ2) is 13.1. The second-order valence-electron chi connectivity index (χ2n) is 10.0. The zero-order chi connectivity index (χ0) is 28.9. The molecule has 1 aromatic heterocycles. The summed E-state index contributed by atoms with van der Waals surface area (Å²) in [6.07, 6.45) is 2.07. The van der Waals surface area contributed by atoms with Crippen molar-refractivity contribution in [1.29, 1.82) is 0 Å². The maximum Gasteiger partial charge on any atom is 0.270 e. The van der Waals surface area contributed by atoms with Crippen LogP contribution in [0.2, 0.25) is 0 Å². The highest BCUT2D eigenvalue weighted by atomic mass is 127. The number of aromatic nitrogens is 1. The van der Waals surface area contributed by atoms with Crippen molar-refractivity contribution < 1.29 is 24.1 Å². The number of amides is 1. The van der Waals surface area contributed by atoms with E-state index in [1.54, 1.807) is 36.7 Å². The molecule has 212 valence electrons. The van der Waals surface area contributed by atoms with Gasteiger partial charge in [-0.1, -0.05) is 60.7 Å². The van der Waals surface area contributed by atoms with Crippen LogP contribution in [0.4, 0.5) is 4.39 Å². The Kier molecular flexibility index (Phi) is 9.77. The Hall–Kier alpha value is -3.06. The van der Waals surface area contributed by atoms with E-state index in [9.17, 15) is 15.0 Å². The van der Waals surface area contributed by atoms with E-state index in [0.717, 1.165) is 5.56 Å². The molecule has 4 rings (SSSR count). The van der Waals surface area contributed by atoms with Gasteiger partial charge in [0.05, 0.1) is 12.7 Å². The summed E-state index contributed by atoms with van der Waals surface area (Å²) >= 11 is 2.01. The van der Waals surface area contributed by atoms with Crippen molar-refractivity contribution >= 4 is 34.1 Å². The first-order valence-electron chi connectivity index (χ1n) is 13.1. The second-order valence-corrected chi connectivity index (χ2v) is 11.7. The molecule has 2 aromatic carbocycles. The maximum atomic E-state index is 15.8. The van der Waals surface area contributed by atoms with E-state index in [4.69, 9.17) is 10.5 Å². The summed E-state index contributed by atoms with van der Waals surface area (Å²) in [4.78, 5) is 19.0. The fourth-order valence-electron chi connectivity index (χ4n) is 4.54. The topological polar surface area (TPSA) is 121 Å². The first-order chi connectivity index (χ1) is 19.1. The molecule has 1 saturated heterocycles. The number of carbonyl (C=O) groups excluding carboxylic acids is 1. The van der Waals surface area contributed by atoms with Crippen LogP contribution in [0.1, 0.15) is 42.0 Å². The lowest BCUT2D eigenvalue weighted by molar-refractivity contribution is -0.130. The first-order valence-corrected chi connectivity index (χ1v) is 14.2. The van der Waals surface area contributed by atoms with Crippen LogP contribution in [0.15, 0.2) is 72.7 Å². The molecule has 8 nitrogen and oxygen atoms in total. The van der Waals surface area contributed by atoms with Crippen molar-refractivity contribution in [3.63, 3.8) is 0 Å². The lowest BCUT2D eigenvalue weighted by Gasteiger charge is -2.35. The van der Waals surface area contributed by atoms with Crippen LogP contribution in [-0.4, -0.2) is 58.3 Å². The molecule has 0 aliphatic carbocycles. The molecule has 1 aliphatic heterocycles. The third-order valence-corrected chi connectivity index (χ3v) is 7.96. The Morgan fingerprint density at radius 1 is 1.20 bits per heavy atom. The number of nitrogens with one attached hydrogen (secondary N) is 1. The minimum atomic E-state index is -1.32. The minimum absolute atomic E-state index is 0.0602. The Bertz CT molecular complexity index is 1350. The predicted octanol–water partition coefficient (Wildman–Crippen LogP) is 3.67. The van der Waals surface area contributed by atoms with Gasteiger partial charge in [-0.15, -0.1) is 0 Å². The number of nitrogens with two attached hydrogens (primary N) is 1. The number of hydrogen-bond acceptors (Lipinski definition) is 7. The molecule has 1 aliphatic rings. The minimum Gasteiger partial charge on any atom is -0.489 e. The van der Waals surface area contributed by atoms with Crippen LogP contribution in [0.5, 0.6) is 5.75 Å². The summed E-state index contributed by atoms with van der Waals surface area (Å²) in [7, 11) is 0. The number of ether oxygens (including phenoxy) is 1. The van der Waals surface area contributed by atoms with Crippen molar-refractivity contribution in [3.05, 3.63) is 101 Å². The van der Waals surface area contributed by atoms with Crippen molar-refractivity contribution in [2.24, 2.45) is 5.73 Å². The van der Waals surface area contributed by atoms with Crippen LogP contribution < -0.4 is 15.8 Å². The van der Waals surface area contributed by atoms with Gasteiger partial charge in [-0.05, 0) is 46.9 Å². The third-order valence-electron chi connectivity index (χ3n) is 6.80. The number of alkyl halides is 1. The SMILES string of the molecule is CC(C)c1ccc(COc2ccc(/C(=C3/NCCN(CC(O)CO)C3=O)C(N)(I)c3ccncc3)c(F)c2)cc1. The zero-order valence-electron chi connectivity index (χ0n) is 22.5. The highest BCUT2D eigenvalue weighted by molar-refractivity contribution is 14.1. The van der Waals surface area contributed by atoms with Gasteiger partial charge in [-0.2, -0.15) is 0 Å². The highest BCUT2D eigenvalue weighted by Gasteiger charge is 2.38. The summed E-state index contributed by atoms with van der Waals surface area (Å²) < 4.78 is 20.4. The molecule has 0 bridgehead atoms. The smallest absolute Gasteiger partial charge is 0.270 e. The van der Waals surface area contributed by atoms with E-state index in [0.29, 0.717) is 30.3 Å². The maximum absolute atomic E-state index is 15.8. The number of aliphatic hydroxyl groups is 2. The molecule has 40 heavy (non-hydrogen) atoms. The fourth-order valence-corrected chi connectivity index (χ4v) is 5.46. The molecule has 5 N–H and O–H groups in total. The number of hydrogen-bond donors (Lipinski definition) is 4. The average Bonchev–Trinajstić information content (AvgIpc) is 2.95. The Labute approximate surface area is 247 Å². The zero-order valence-corrected chi connectivity index (χ0v) is 24.6. The van der Waals surface area contributed by atoms with Crippen LogP contribution in [0, 0.1) is 5.82 Å². The van der Waals surface area contributed by atoms with Gasteiger partial charge in [0.25, 0.3) is 5.91 Å². The summed E-state index contributed by atoms with van der Waals surface area (Å²) in [6, 6.07) is 16.0. The van der Waals surface area contributed by atoms with E-state index >= 15 is 4.39 Å². The molecule has 1 amide bonds.